The molecule has 21 heavy (non-hydrogen) atoms. The van der Waals surface area contributed by atoms with E-state index in [4.69, 9.17) is 0 Å². The Labute approximate surface area is 124 Å². The first-order valence-electron chi connectivity index (χ1n) is 7.74. The van der Waals surface area contributed by atoms with Crippen LogP contribution >= 0.6 is 0 Å². The van der Waals surface area contributed by atoms with Gasteiger partial charge < -0.3 is 20.4 Å². The summed E-state index contributed by atoms with van der Waals surface area (Å²) in [6, 6.07) is 4.92. The molecule has 114 valence electrons. The van der Waals surface area contributed by atoms with Crippen molar-refractivity contribution in [2.45, 2.75) is 44.2 Å². The molecular formula is C16H22N2O3. The Morgan fingerprint density at radius 2 is 1.90 bits per heavy atom. The van der Waals surface area contributed by atoms with Gasteiger partial charge in [-0.2, -0.15) is 0 Å². The minimum absolute atomic E-state index is 0.0300. The average Bonchev–Trinajstić information content (AvgIpc) is 3.01. The molecule has 5 heteroatoms. The number of likely N-dealkylation sites (tertiary alicyclic amines) is 1. The first-order valence-corrected chi connectivity index (χ1v) is 7.74. The van der Waals surface area contributed by atoms with Crippen LogP contribution in [0.25, 0.3) is 0 Å². The normalized spacial score (nSPS) is 26.0. The summed E-state index contributed by atoms with van der Waals surface area (Å²) in [6.45, 7) is 1.69. The van der Waals surface area contributed by atoms with Gasteiger partial charge in [0.15, 0.2) is 0 Å². The molecule has 2 heterocycles. The van der Waals surface area contributed by atoms with Crippen LogP contribution in [-0.4, -0.2) is 46.2 Å². The second-order valence-corrected chi connectivity index (χ2v) is 5.94. The van der Waals surface area contributed by atoms with Crippen LogP contribution in [0, 0.1) is 0 Å². The van der Waals surface area contributed by atoms with E-state index in [1.807, 2.05) is 4.90 Å². The van der Waals surface area contributed by atoms with Gasteiger partial charge in [-0.05, 0) is 50.8 Å². The zero-order chi connectivity index (χ0) is 14.8. The molecule has 1 aromatic rings. The van der Waals surface area contributed by atoms with Gasteiger partial charge in [-0.15, -0.1) is 0 Å². The summed E-state index contributed by atoms with van der Waals surface area (Å²) in [7, 11) is 0. The minimum Gasteiger partial charge on any atom is -0.507 e. The van der Waals surface area contributed by atoms with Crippen LogP contribution in [0.3, 0.4) is 0 Å². The second-order valence-electron chi connectivity index (χ2n) is 5.94. The third kappa shape index (κ3) is 2.70. The lowest BCUT2D eigenvalue weighted by molar-refractivity contribution is 0.0557. The smallest absolute Gasteiger partial charge is 0.261 e. The lowest BCUT2D eigenvalue weighted by Crippen LogP contribution is -2.52. The van der Waals surface area contributed by atoms with E-state index in [9.17, 15) is 15.0 Å². The summed E-state index contributed by atoms with van der Waals surface area (Å²) in [6.07, 6.45) is 5.31. The number of phenols is 2. The number of amides is 1. The number of aromatic hydroxyl groups is 2. The Morgan fingerprint density at radius 1 is 1.14 bits per heavy atom. The molecule has 0 spiro atoms. The molecule has 0 bridgehead atoms. The second kappa shape index (κ2) is 5.93. The Balaban J connectivity index is 1.87. The maximum absolute atomic E-state index is 12.8. The van der Waals surface area contributed by atoms with Gasteiger partial charge in [-0.25, -0.2) is 0 Å². The van der Waals surface area contributed by atoms with Crippen LogP contribution in [0.4, 0.5) is 0 Å². The summed E-state index contributed by atoms with van der Waals surface area (Å²) >= 11 is 0. The predicted molar refractivity (Wildman–Crippen MR) is 79.5 cm³/mol. The highest BCUT2D eigenvalue weighted by Gasteiger charge is 2.36. The van der Waals surface area contributed by atoms with Gasteiger partial charge in [-0.1, -0.05) is 6.07 Å². The molecule has 2 fully saturated rings. The van der Waals surface area contributed by atoms with Gasteiger partial charge in [0.1, 0.15) is 17.1 Å². The van der Waals surface area contributed by atoms with Crippen molar-refractivity contribution in [3.63, 3.8) is 0 Å². The van der Waals surface area contributed by atoms with Crippen molar-refractivity contribution in [1.82, 2.24) is 10.2 Å². The van der Waals surface area contributed by atoms with Crippen LogP contribution in [-0.2, 0) is 0 Å². The fraction of sp³-hybridized carbons (Fsp3) is 0.562. The van der Waals surface area contributed by atoms with Crippen molar-refractivity contribution < 1.29 is 15.0 Å². The first-order chi connectivity index (χ1) is 10.2. The van der Waals surface area contributed by atoms with E-state index in [1.54, 1.807) is 0 Å². The molecular weight excluding hydrogens is 268 g/mol. The molecule has 0 saturated carbocycles. The number of phenolic OH excluding ortho intramolecular Hbond substituents is 2. The molecule has 2 unspecified atom stereocenters. The summed E-state index contributed by atoms with van der Waals surface area (Å²) in [5.74, 6) is -0.559. The van der Waals surface area contributed by atoms with Crippen molar-refractivity contribution in [2.75, 3.05) is 13.1 Å². The van der Waals surface area contributed by atoms with Gasteiger partial charge in [0.2, 0.25) is 0 Å². The number of benzene rings is 1. The number of piperidine rings is 1. The molecule has 5 nitrogen and oxygen atoms in total. The maximum atomic E-state index is 12.8. The minimum atomic E-state index is -0.260. The lowest BCUT2D eigenvalue weighted by Gasteiger charge is -2.39. The van der Waals surface area contributed by atoms with Crippen LogP contribution in [0.1, 0.15) is 42.5 Å². The van der Waals surface area contributed by atoms with Gasteiger partial charge in [-0.3, -0.25) is 4.79 Å². The van der Waals surface area contributed by atoms with Crippen molar-refractivity contribution in [2.24, 2.45) is 0 Å². The molecule has 3 N–H and O–H groups in total. The van der Waals surface area contributed by atoms with E-state index >= 15 is 0 Å². The largest absolute Gasteiger partial charge is 0.507 e. The van der Waals surface area contributed by atoms with Crippen molar-refractivity contribution >= 4 is 5.91 Å². The van der Waals surface area contributed by atoms with Crippen LogP contribution in [0.5, 0.6) is 11.5 Å². The average molecular weight is 290 g/mol. The number of carbonyl (C=O) groups excluding carboxylic acids is 1. The van der Waals surface area contributed by atoms with E-state index in [2.05, 4.69) is 5.32 Å². The third-order valence-corrected chi connectivity index (χ3v) is 4.61. The quantitative estimate of drug-likeness (QED) is 0.777. The number of carbonyl (C=O) groups is 1. The number of nitrogens with one attached hydrogen (secondary N) is 1. The fourth-order valence-corrected chi connectivity index (χ4v) is 3.56. The summed E-state index contributed by atoms with van der Waals surface area (Å²) < 4.78 is 0. The molecule has 2 atom stereocenters. The lowest BCUT2D eigenvalue weighted by atomic mass is 9.93. The molecule has 2 aliphatic heterocycles. The number of rotatable bonds is 2. The first kappa shape index (κ1) is 14.2. The molecule has 1 aromatic carbocycles. The van der Waals surface area contributed by atoms with E-state index in [0.717, 1.165) is 38.6 Å². The van der Waals surface area contributed by atoms with Crippen molar-refractivity contribution in [3.8, 4) is 11.5 Å². The molecule has 2 saturated heterocycles. The standard InChI is InChI=1S/C16H22N2O3/c19-13-7-3-8-14(20)15(13)16(21)18-10-2-1-6-12(18)11-5-4-9-17-11/h3,7-8,11-12,17,19-20H,1-2,4-6,9-10H2. The Morgan fingerprint density at radius 3 is 2.57 bits per heavy atom. The van der Waals surface area contributed by atoms with Crippen molar-refractivity contribution in [1.29, 1.82) is 0 Å². The summed E-state index contributed by atoms with van der Waals surface area (Å²) in [4.78, 5) is 14.6. The molecule has 0 aromatic heterocycles. The molecule has 0 aliphatic carbocycles. The van der Waals surface area contributed by atoms with Gasteiger partial charge in [0.05, 0.1) is 0 Å². The topological polar surface area (TPSA) is 72.8 Å². The predicted octanol–water partition coefficient (Wildman–Crippen LogP) is 1.84. The SMILES string of the molecule is O=C(c1c(O)cccc1O)N1CCCCC1C1CCCN1. The Kier molecular flexibility index (Phi) is 4.01. The van der Waals surface area contributed by atoms with Crippen molar-refractivity contribution in [3.05, 3.63) is 23.8 Å². The number of nitrogens with zero attached hydrogens (tertiary/aromatic N) is 1. The van der Waals surface area contributed by atoms with Crippen LogP contribution < -0.4 is 5.32 Å². The van der Waals surface area contributed by atoms with Gasteiger partial charge in [0.25, 0.3) is 5.91 Å². The van der Waals surface area contributed by atoms with Crippen LogP contribution in [0.2, 0.25) is 0 Å². The zero-order valence-corrected chi connectivity index (χ0v) is 12.1. The highest BCUT2D eigenvalue weighted by Crippen LogP contribution is 2.32. The van der Waals surface area contributed by atoms with E-state index in [0.29, 0.717) is 12.6 Å². The fourth-order valence-electron chi connectivity index (χ4n) is 3.56. The Hall–Kier alpha value is -1.75. The summed E-state index contributed by atoms with van der Waals surface area (Å²) in [5, 5.41) is 23.3. The highest BCUT2D eigenvalue weighted by atomic mass is 16.3. The third-order valence-electron chi connectivity index (χ3n) is 4.61. The monoisotopic (exact) mass is 290 g/mol. The van der Waals surface area contributed by atoms with E-state index in [-0.39, 0.29) is 29.0 Å². The number of hydrogen-bond donors (Lipinski definition) is 3. The number of hydrogen-bond acceptors (Lipinski definition) is 4. The molecule has 1 amide bonds. The van der Waals surface area contributed by atoms with E-state index in [1.165, 1.54) is 18.2 Å². The maximum Gasteiger partial charge on any atom is 0.261 e. The highest BCUT2D eigenvalue weighted by molar-refractivity contribution is 5.99. The summed E-state index contributed by atoms with van der Waals surface area (Å²) in [5.41, 5.74) is 0.0300. The molecule has 0 radical (unpaired) electrons. The van der Waals surface area contributed by atoms with Crippen LogP contribution in [0.15, 0.2) is 18.2 Å². The van der Waals surface area contributed by atoms with Gasteiger partial charge >= 0.3 is 0 Å². The Bertz CT molecular complexity index is 506. The zero-order valence-electron chi connectivity index (χ0n) is 12.1. The molecule has 2 aliphatic rings. The van der Waals surface area contributed by atoms with E-state index < -0.39 is 0 Å². The molecule has 3 rings (SSSR count). The van der Waals surface area contributed by atoms with Gasteiger partial charge in [0, 0.05) is 18.6 Å².